The zero-order chi connectivity index (χ0) is 21.9. The van der Waals surface area contributed by atoms with Gasteiger partial charge in [-0.25, -0.2) is 9.59 Å². The molecule has 0 aliphatic heterocycles. The summed E-state index contributed by atoms with van der Waals surface area (Å²) in [6.45, 7) is 5.53. The van der Waals surface area contributed by atoms with Gasteiger partial charge in [0.15, 0.2) is 0 Å². The van der Waals surface area contributed by atoms with Crippen molar-refractivity contribution in [3.8, 4) is 0 Å². The molecule has 1 fully saturated rings. The van der Waals surface area contributed by atoms with Gasteiger partial charge in [-0.15, -0.1) is 22.7 Å². The highest BCUT2D eigenvalue weighted by Crippen LogP contribution is 2.38. The third-order valence-corrected chi connectivity index (χ3v) is 7.15. The Morgan fingerprint density at radius 1 is 1.03 bits per heavy atom. The molecule has 3 rings (SSSR count). The predicted octanol–water partition coefficient (Wildman–Crippen LogP) is 4.77. The van der Waals surface area contributed by atoms with E-state index in [0.717, 1.165) is 0 Å². The Hall–Kier alpha value is -1.90. The van der Waals surface area contributed by atoms with Gasteiger partial charge in [0.1, 0.15) is 11.7 Å². The number of hydrogen-bond acceptors (Lipinski definition) is 7. The number of nitrogens with zero attached hydrogens (tertiary/aromatic N) is 1. The fourth-order valence-corrected chi connectivity index (χ4v) is 5.28. The van der Waals surface area contributed by atoms with Gasteiger partial charge in [0, 0.05) is 13.1 Å². The maximum absolute atomic E-state index is 13.1. The van der Waals surface area contributed by atoms with Gasteiger partial charge in [0.05, 0.1) is 9.75 Å². The third kappa shape index (κ3) is 5.04. The Bertz CT molecular complexity index is 799. The lowest BCUT2D eigenvalue weighted by Crippen LogP contribution is -2.44. The van der Waals surface area contributed by atoms with Crippen LogP contribution >= 0.6 is 22.7 Å². The van der Waals surface area contributed by atoms with Crippen LogP contribution in [0.5, 0.6) is 0 Å². The van der Waals surface area contributed by atoms with Crippen LogP contribution in [0.25, 0.3) is 0 Å². The third-order valence-electron chi connectivity index (χ3n) is 5.20. The molecule has 8 heteroatoms. The van der Waals surface area contributed by atoms with E-state index in [0.29, 0.717) is 35.4 Å². The average molecular weight is 452 g/mol. The quantitative estimate of drug-likeness (QED) is 0.663. The monoisotopic (exact) mass is 451 g/mol. The summed E-state index contributed by atoms with van der Waals surface area (Å²) in [4.78, 5) is 28.1. The molecule has 1 N–H and O–H groups in total. The number of thiophene rings is 2. The maximum atomic E-state index is 13.1. The van der Waals surface area contributed by atoms with Crippen molar-refractivity contribution in [3.63, 3.8) is 0 Å². The van der Waals surface area contributed by atoms with Crippen LogP contribution in [-0.2, 0) is 19.9 Å². The van der Waals surface area contributed by atoms with E-state index in [1.54, 1.807) is 24.1 Å². The molecular formula is C22H29NO5S2. The first-order valence-electron chi connectivity index (χ1n) is 10.1. The lowest BCUT2D eigenvalue weighted by Gasteiger charge is -2.36. The number of esters is 1. The van der Waals surface area contributed by atoms with Gasteiger partial charge in [0.25, 0.3) is 0 Å². The van der Waals surface area contributed by atoms with Gasteiger partial charge in [-0.1, -0.05) is 12.1 Å². The summed E-state index contributed by atoms with van der Waals surface area (Å²) in [5.74, 6) is -0.642. The van der Waals surface area contributed by atoms with Gasteiger partial charge < -0.3 is 19.5 Å². The number of rotatable bonds is 5. The lowest BCUT2D eigenvalue weighted by molar-refractivity contribution is -0.169. The Balaban J connectivity index is 1.61. The molecule has 2 heterocycles. The Morgan fingerprint density at radius 2 is 1.57 bits per heavy atom. The van der Waals surface area contributed by atoms with Crippen molar-refractivity contribution in [2.24, 2.45) is 0 Å². The van der Waals surface area contributed by atoms with Crippen LogP contribution in [0.3, 0.4) is 0 Å². The minimum atomic E-state index is -1.79. The Kier molecular flexibility index (Phi) is 6.89. The molecule has 6 nitrogen and oxygen atoms in total. The molecule has 1 amide bonds. The van der Waals surface area contributed by atoms with E-state index in [9.17, 15) is 14.7 Å². The fraction of sp³-hybridized carbons (Fsp3) is 0.545. The summed E-state index contributed by atoms with van der Waals surface area (Å²) in [6.07, 6.45) is 2.07. The average Bonchev–Trinajstić information content (AvgIpc) is 3.40. The minimum absolute atomic E-state index is 0.0447. The largest absolute Gasteiger partial charge is 0.460 e. The predicted molar refractivity (Wildman–Crippen MR) is 118 cm³/mol. The maximum Gasteiger partial charge on any atom is 0.410 e. The van der Waals surface area contributed by atoms with Crippen molar-refractivity contribution in [1.82, 2.24) is 4.90 Å². The summed E-state index contributed by atoms with van der Waals surface area (Å²) >= 11 is 2.66. The van der Waals surface area contributed by atoms with Crippen molar-refractivity contribution in [2.45, 2.75) is 69.8 Å². The Morgan fingerprint density at radius 3 is 2.00 bits per heavy atom. The van der Waals surface area contributed by atoms with E-state index in [1.165, 1.54) is 22.7 Å². The minimum Gasteiger partial charge on any atom is -0.460 e. The van der Waals surface area contributed by atoms with Crippen LogP contribution < -0.4 is 0 Å². The number of carbonyl (C=O) groups excluding carboxylic acids is 2. The summed E-state index contributed by atoms with van der Waals surface area (Å²) < 4.78 is 11.2. The zero-order valence-corrected chi connectivity index (χ0v) is 19.4. The van der Waals surface area contributed by atoms with Gasteiger partial charge >= 0.3 is 12.1 Å². The van der Waals surface area contributed by atoms with Crippen molar-refractivity contribution >= 4 is 34.7 Å². The van der Waals surface area contributed by atoms with Gasteiger partial charge in [0.2, 0.25) is 5.60 Å². The highest BCUT2D eigenvalue weighted by Gasteiger charge is 2.45. The Labute approximate surface area is 185 Å². The summed E-state index contributed by atoms with van der Waals surface area (Å²) in [6, 6.07) is 7.16. The van der Waals surface area contributed by atoms with Crippen molar-refractivity contribution in [3.05, 3.63) is 44.8 Å². The fourth-order valence-electron chi connectivity index (χ4n) is 3.56. The van der Waals surface area contributed by atoms with E-state index in [-0.39, 0.29) is 18.2 Å². The molecular weight excluding hydrogens is 422 g/mol. The van der Waals surface area contributed by atoms with Gasteiger partial charge in [-0.3, -0.25) is 0 Å². The first kappa shape index (κ1) is 22.8. The topological polar surface area (TPSA) is 76.1 Å². The molecule has 0 spiro atoms. The SMILES string of the molecule is CN(C(=O)OC(C)(C)C)C1CCC(OC(=O)C(O)(c2cccs2)c2cccs2)CC1. The van der Waals surface area contributed by atoms with E-state index in [1.807, 2.05) is 43.7 Å². The number of ether oxygens (including phenoxy) is 2. The van der Waals surface area contributed by atoms with Crippen molar-refractivity contribution in [1.29, 1.82) is 0 Å². The highest BCUT2D eigenvalue weighted by molar-refractivity contribution is 7.12. The molecule has 0 aromatic carbocycles. The number of hydrogen-bond donors (Lipinski definition) is 1. The van der Waals surface area contributed by atoms with Crippen LogP contribution in [-0.4, -0.2) is 46.9 Å². The standard InChI is InChI=1S/C22H29NO5S2/c1-21(2,3)28-20(25)23(4)15-9-11-16(12-10-15)27-19(24)22(26,17-7-5-13-29-17)18-8-6-14-30-18/h5-8,13-16,26H,9-12H2,1-4H3. The molecule has 2 aromatic rings. The zero-order valence-electron chi connectivity index (χ0n) is 17.8. The molecule has 2 aromatic heterocycles. The van der Waals surface area contributed by atoms with Crippen LogP contribution in [0.2, 0.25) is 0 Å². The second-order valence-corrected chi connectivity index (χ2v) is 10.5. The second kappa shape index (κ2) is 9.08. The van der Waals surface area contributed by atoms with E-state index < -0.39 is 17.2 Å². The summed E-state index contributed by atoms with van der Waals surface area (Å²) in [5.41, 5.74) is -2.32. The van der Waals surface area contributed by atoms with Crippen LogP contribution in [0.4, 0.5) is 4.79 Å². The summed E-state index contributed by atoms with van der Waals surface area (Å²) in [5, 5.41) is 15.0. The number of aliphatic hydroxyl groups is 1. The molecule has 1 aliphatic carbocycles. The highest BCUT2D eigenvalue weighted by atomic mass is 32.1. The molecule has 1 saturated carbocycles. The number of amides is 1. The van der Waals surface area contributed by atoms with Gasteiger partial charge in [-0.05, 0) is 69.3 Å². The first-order chi connectivity index (χ1) is 14.1. The van der Waals surface area contributed by atoms with Gasteiger partial charge in [-0.2, -0.15) is 0 Å². The second-order valence-electron chi connectivity index (χ2n) is 8.59. The van der Waals surface area contributed by atoms with Crippen LogP contribution in [0.15, 0.2) is 35.0 Å². The molecule has 0 saturated heterocycles. The van der Waals surface area contributed by atoms with Crippen molar-refractivity contribution < 1.29 is 24.2 Å². The van der Waals surface area contributed by atoms with E-state index >= 15 is 0 Å². The molecule has 30 heavy (non-hydrogen) atoms. The molecule has 1 aliphatic rings. The van der Waals surface area contributed by atoms with Crippen molar-refractivity contribution in [2.75, 3.05) is 7.05 Å². The molecule has 0 unspecified atom stereocenters. The normalized spacial score (nSPS) is 19.9. The van der Waals surface area contributed by atoms with Crippen LogP contribution in [0.1, 0.15) is 56.2 Å². The number of carbonyl (C=O) groups is 2. The molecule has 164 valence electrons. The molecule has 0 radical (unpaired) electrons. The molecule has 0 atom stereocenters. The first-order valence-corrected chi connectivity index (χ1v) is 11.8. The lowest BCUT2D eigenvalue weighted by atomic mass is 9.91. The molecule has 0 bridgehead atoms. The smallest absolute Gasteiger partial charge is 0.410 e. The van der Waals surface area contributed by atoms with E-state index in [2.05, 4.69) is 0 Å². The summed E-state index contributed by atoms with van der Waals surface area (Å²) in [7, 11) is 1.75. The van der Waals surface area contributed by atoms with Crippen LogP contribution in [0, 0.1) is 0 Å². The van der Waals surface area contributed by atoms with E-state index in [4.69, 9.17) is 9.47 Å².